The maximum absolute atomic E-state index is 11.7. The van der Waals surface area contributed by atoms with Gasteiger partial charge in [-0.05, 0) is 25.7 Å². The third-order valence-electron chi connectivity index (χ3n) is 3.90. The summed E-state index contributed by atoms with van der Waals surface area (Å²) in [6.07, 6.45) is 8.15. The van der Waals surface area contributed by atoms with Crippen molar-refractivity contribution in [2.45, 2.75) is 51.0 Å². The summed E-state index contributed by atoms with van der Waals surface area (Å²) in [5.74, 6) is -0.165. The van der Waals surface area contributed by atoms with Crippen LogP contribution in [0.5, 0.6) is 0 Å². The number of nitrogens with zero attached hydrogens (tertiary/aromatic N) is 1. The lowest BCUT2D eigenvalue weighted by atomic mass is 9.98. The van der Waals surface area contributed by atoms with Gasteiger partial charge in [0.1, 0.15) is 6.61 Å². The molecule has 0 atom stereocenters. The summed E-state index contributed by atoms with van der Waals surface area (Å²) in [6, 6.07) is 0. The van der Waals surface area contributed by atoms with E-state index < -0.39 is 0 Å². The van der Waals surface area contributed by atoms with E-state index in [1.807, 2.05) is 4.90 Å². The highest BCUT2D eigenvalue weighted by atomic mass is 16.5. The van der Waals surface area contributed by atoms with E-state index in [0.717, 1.165) is 38.8 Å². The number of likely N-dealkylation sites (tertiary alicyclic amines) is 1. The minimum Gasteiger partial charge on any atom is -0.368 e. The Bertz CT molecular complexity index is 308. The van der Waals surface area contributed by atoms with Crippen LogP contribution >= 0.6 is 0 Å². The number of amides is 2. The van der Waals surface area contributed by atoms with Crippen molar-refractivity contribution in [3.05, 3.63) is 0 Å². The van der Waals surface area contributed by atoms with E-state index in [2.05, 4.69) is 5.32 Å². The number of rotatable bonds is 5. The van der Waals surface area contributed by atoms with E-state index in [1.165, 1.54) is 19.3 Å². The molecule has 0 aromatic carbocycles. The van der Waals surface area contributed by atoms with Crippen LogP contribution in [0, 0.1) is 0 Å². The molecule has 1 saturated heterocycles. The second-order valence-electron chi connectivity index (χ2n) is 5.44. The fourth-order valence-electron chi connectivity index (χ4n) is 2.73. The Morgan fingerprint density at radius 1 is 1.05 bits per heavy atom. The standard InChI is InChI=1S/C14H24N2O3/c17-13(11-19-12-6-2-1-3-7-12)15-10-14(18)16-8-4-5-9-16/h12H,1-11H2,(H,15,17). The summed E-state index contributed by atoms with van der Waals surface area (Å²) < 4.78 is 5.57. The lowest BCUT2D eigenvalue weighted by Crippen LogP contribution is -2.40. The van der Waals surface area contributed by atoms with Crippen molar-refractivity contribution in [3.63, 3.8) is 0 Å². The van der Waals surface area contributed by atoms with Crippen molar-refractivity contribution in [2.24, 2.45) is 0 Å². The largest absolute Gasteiger partial charge is 0.368 e. The molecule has 5 heteroatoms. The molecule has 1 aliphatic carbocycles. The van der Waals surface area contributed by atoms with E-state index in [0.29, 0.717) is 0 Å². The highest BCUT2D eigenvalue weighted by Crippen LogP contribution is 2.19. The van der Waals surface area contributed by atoms with Gasteiger partial charge in [-0.25, -0.2) is 0 Å². The van der Waals surface area contributed by atoms with E-state index in [1.54, 1.807) is 0 Å². The predicted octanol–water partition coefficient (Wildman–Crippen LogP) is 1.07. The lowest BCUT2D eigenvalue weighted by molar-refractivity contribution is -0.134. The van der Waals surface area contributed by atoms with Crippen LogP contribution in [0.4, 0.5) is 0 Å². The van der Waals surface area contributed by atoms with Crippen molar-refractivity contribution in [2.75, 3.05) is 26.2 Å². The van der Waals surface area contributed by atoms with Crippen molar-refractivity contribution in [3.8, 4) is 0 Å². The van der Waals surface area contributed by atoms with Gasteiger partial charge in [-0.3, -0.25) is 9.59 Å². The van der Waals surface area contributed by atoms with Crippen LogP contribution in [0.15, 0.2) is 0 Å². The van der Waals surface area contributed by atoms with Gasteiger partial charge in [-0.2, -0.15) is 0 Å². The van der Waals surface area contributed by atoms with Crippen LogP contribution in [0.2, 0.25) is 0 Å². The zero-order valence-electron chi connectivity index (χ0n) is 11.5. The maximum atomic E-state index is 11.7. The third kappa shape index (κ3) is 4.82. The van der Waals surface area contributed by atoms with Gasteiger partial charge in [0.25, 0.3) is 0 Å². The van der Waals surface area contributed by atoms with Gasteiger partial charge < -0.3 is 15.0 Å². The SMILES string of the molecule is O=C(COC1CCCCC1)NCC(=O)N1CCCC1. The average molecular weight is 268 g/mol. The van der Waals surface area contributed by atoms with Crippen molar-refractivity contribution in [1.29, 1.82) is 0 Å². The molecule has 2 fully saturated rings. The van der Waals surface area contributed by atoms with Gasteiger partial charge in [0.15, 0.2) is 0 Å². The van der Waals surface area contributed by atoms with E-state index >= 15 is 0 Å². The summed E-state index contributed by atoms with van der Waals surface area (Å²) in [6.45, 7) is 1.84. The van der Waals surface area contributed by atoms with Crippen molar-refractivity contribution >= 4 is 11.8 Å². The summed E-state index contributed by atoms with van der Waals surface area (Å²) in [4.78, 5) is 25.1. The van der Waals surface area contributed by atoms with Crippen LogP contribution in [0.3, 0.4) is 0 Å². The molecule has 2 amide bonds. The molecule has 1 aliphatic heterocycles. The topological polar surface area (TPSA) is 58.6 Å². The highest BCUT2D eigenvalue weighted by Gasteiger charge is 2.19. The van der Waals surface area contributed by atoms with Gasteiger partial charge in [0, 0.05) is 13.1 Å². The molecule has 2 aliphatic rings. The fourth-order valence-corrected chi connectivity index (χ4v) is 2.73. The fraction of sp³-hybridized carbons (Fsp3) is 0.857. The molecular formula is C14H24N2O3. The first-order valence-electron chi connectivity index (χ1n) is 7.42. The highest BCUT2D eigenvalue weighted by molar-refractivity contribution is 5.85. The molecule has 108 valence electrons. The molecule has 0 unspecified atom stereocenters. The summed E-state index contributed by atoms with van der Waals surface area (Å²) in [5, 5.41) is 2.64. The zero-order valence-corrected chi connectivity index (χ0v) is 11.5. The molecule has 19 heavy (non-hydrogen) atoms. The van der Waals surface area contributed by atoms with Crippen molar-refractivity contribution in [1.82, 2.24) is 10.2 Å². The second kappa shape index (κ2) is 7.48. The lowest BCUT2D eigenvalue weighted by Gasteiger charge is -2.21. The molecule has 1 N–H and O–H groups in total. The van der Waals surface area contributed by atoms with Crippen LogP contribution in [-0.4, -0.2) is 49.1 Å². The van der Waals surface area contributed by atoms with Crippen LogP contribution in [0.25, 0.3) is 0 Å². The van der Waals surface area contributed by atoms with E-state index in [-0.39, 0.29) is 31.1 Å². The quantitative estimate of drug-likeness (QED) is 0.811. The molecule has 0 spiro atoms. The molecule has 2 rings (SSSR count). The van der Waals surface area contributed by atoms with Gasteiger partial charge in [0.05, 0.1) is 12.6 Å². The molecule has 0 bridgehead atoms. The Morgan fingerprint density at radius 2 is 1.74 bits per heavy atom. The second-order valence-corrected chi connectivity index (χ2v) is 5.44. The number of nitrogens with one attached hydrogen (secondary N) is 1. The number of carbonyl (C=O) groups excluding carboxylic acids is 2. The van der Waals surface area contributed by atoms with Gasteiger partial charge >= 0.3 is 0 Å². The van der Waals surface area contributed by atoms with E-state index in [4.69, 9.17) is 4.74 Å². The normalized spacial score (nSPS) is 20.5. The van der Waals surface area contributed by atoms with Crippen LogP contribution in [0.1, 0.15) is 44.9 Å². The summed E-state index contributed by atoms with van der Waals surface area (Å²) >= 11 is 0. The Morgan fingerprint density at radius 3 is 2.42 bits per heavy atom. The molecule has 1 saturated carbocycles. The van der Waals surface area contributed by atoms with E-state index in [9.17, 15) is 9.59 Å². The minimum absolute atomic E-state index is 0.0171. The Hall–Kier alpha value is -1.10. The number of hydrogen-bond acceptors (Lipinski definition) is 3. The predicted molar refractivity (Wildman–Crippen MR) is 71.6 cm³/mol. The molecule has 1 heterocycles. The number of carbonyl (C=O) groups is 2. The zero-order chi connectivity index (χ0) is 13.5. The first kappa shape index (κ1) is 14.3. The van der Waals surface area contributed by atoms with Gasteiger partial charge in [-0.15, -0.1) is 0 Å². The minimum atomic E-state index is -0.182. The summed E-state index contributed by atoms with van der Waals surface area (Å²) in [5.41, 5.74) is 0. The molecule has 0 aromatic rings. The first-order chi connectivity index (χ1) is 9.25. The molecule has 5 nitrogen and oxygen atoms in total. The Balaban J connectivity index is 1.57. The molecule has 0 radical (unpaired) electrons. The smallest absolute Gasteiger partial charge is 0.246 e. The maximum Gasteiger partial charge on any atom is 0.246 e. The Labute approximate surface area is 114 Å². The van der Waals surface area contributed by atoms with Gasteiger partial charge in [-0.1, -0.05) is 19.3 Å². The van der Waals surface area contributed by atoms with Gasteiger partial charge in [0.2, 0.25) is 11.8 Å². The Kier molecular flexibility index (Phi) is 5.63. The van der Waals surface area contributed by atoms with Crippen LogP contribution in [-0.2, 0) is 14.3 Å². The molecule has 0 aromatic heterocycles. The molecular weight excluding hydrogens is 244 g/mol. The van der Waals surface area contributed by atoms with Crippen LogP contribution < -0.4 is 5.32 Å². The average Bonchev–Trinajstić information content (AvgIpc) is 2.98. The monoisotopic (exact) mass is 268 g/mol. The number of ether oxygens (including phenoxy) is 1. The third-order valence-corrected chi connectivity index (χ3v) is 3.90. The summed E-state index contributed by atoms with van der Waals surface area (Å²) in [7, 11) is 0. The first-order valence-corrected chi connectivity index (χ1v) is 7.42. The van der Waals surface area contributed by atoms with Crippen molar-refractivity contribution < 1.29 is 14.3 Å². The number of hydrogen-bond donors (Lipinski definition) is 1.